The molecule has 2 nitrogen and oxygen atoms in total. The summed E-state index contributed by atoms with van der Waals surface area (Å²) in [5.41, 5.74) is 1.14. The molecule has 52 valence electrons. The van der Waals surface area contributed by atoms with Crippen LogP contribution in [0.1, 0.15) is 5.56 Å². The maximum atomic E-state index is 5.59. The van der Waals surface area contributed by atoms with Crippen LogP contribution in [0.4, 0.5) is 0 Å². The van der Waals surface area contributed by atoms with E-state index in [1.54, 1.807) is 0 Å². The molecule has 1 aliphatic heterocycles. The second-order valence-corrected chi connectivity index (χ2v) is 2.55. The van der Waals surface area contributed by atoms with Crippen LogP contribution in [-0.2, 0) is 6.54 Å². The third-order valence-electron chi connectivity index (χ3n) is 1.46. The van der Waals surface area contributed by atoms with E-state index in [2.05, 4.69) is 0 Å². The number of rotatable bonds is 0. The summed E-state index contributed by atoms with van der Waals surface area (Å²) in [6.07, 6.45) is 0. The number of para-hydroxylation sites is 1. The molecule has 1 aliphatic rings. The van der Waals surface area contributed by atoms with Crippen LogP contribution in [0.3, 0.4) is 0 Å². The molecular formula is C7H6ClNO. The van der Waals surface area contributed by atoms with Gasteiger partial charge in [-0.2, -0.15) is 0 Å². The first kappa shape index (κ1) is 6.01. The predicted molar refractivity (Wildman–Crippen MR) is 38.5 cm³/mol. The van der Waals surface area contributed by atoms with Crippen LogP contribution in [0.25, 0.3) is 0 Å². The third-order valence-corrected chi connectivity index (χ3v) is 1.65. The molecular weight excluding hydrogens is 150 g/mol. The molecule has 0 spiro atoms. The molecule has 0 aromatic heterocycles. The maximum Gasteiger partial charge on any atom is 0.153 e. The summed E-state index contributed by atoms with van der Waals surface area (Å²) in [6.45, 7) is 0.664. The van der Waals surface area contributed by atoms with Crippen molar-refractivity contribution in [3.63, 3.8) is 0 Å². The van der Waals surface area contributed by atoms with Crippen molar-refractivity contribution >= 4 is 11.8 Å². The lowest BCUT2D eigenvalue weighted by atomic mass is 10.2. The summed E-state index contributed by atoms with van der Waals surface area (Å²) < 4.78 is 1.30. The van der Waals surface area contributed by atoms with Crippen LogP contribution in [0.15, 0.2) is 24.3 Å². The van der Waals surface area contributed by atoms with Gasteiger partial charge in [0, 0.05) is 17.3 Å². The van der Waals surface area contributed by atoms with Crippen molar-refractivity contribution in [1.29, 1.82) is 0 Å². The van der Waals surface area contributed by atoms with Gasteiger partial charge >= 0.3 is 0 Å². The van der Waals surface area contributed by atoms with Crippen LogP contribution < -0.4 is 4.84 Å². The van der Waals surface area contributed by atoms with Crippen LogP contribution in [0, 0.1) is 0 Å². The highest BCUT2D eigenvalue weighted by Gasteiger charge is 2.17. The Hall–Kier alpha value is -0.730. The van der Waals surface area contributed by atoms with Gasteiger partial charge in [0.25, 0.3) is 0 Å². The number of halogens is 1. The smallest absolute Gasteiger partial charge is 0.153 e. The highest BCUT2D eigenvalue weighted by molar-refractivity contribution is 6.12. The van der Waals surface area contributed by atoms with E-state index in [1.807, 2.05) is 24.3 Å². The maximum absolute atomic E-state index is 5.59. The number of hydroxylamine groups is 1. The Morgan fingerprint density at radius 3 is 3.00 bits per heavy atom. The van der Waals surface area contributed by atoms with Gasteiger partial charge in [-0.1, -0.05) is 18.2 Å². The van der Waals surface area contributed by atoms with Crippen molar-refractivity contribution in [2.45, 2.75) is 6.54 Å². The number of hydrogen-bond donors (Lipinski definition) is 0. The van der Waals surface area contributed by atoms with Crippen molar-refractivity contribution in [1.82, 2.24) is 4.58 Å². The van der Waals surface area contributed by atoms with E-state index in [4.69, 9.17) is 16.6 Å². The molecule has 1 aromatic rings. The molecule has 0 saturated carbocycles. The Labute approximate surface area is 64.0 Å². The van der Waals surface area contributed by atoms with Crippen molar-refractivity contribution in [2.24, 2.45) is 0 Å². The Balaban J connectivity index is 2.42. The van der Waals surface area contributed by atoms with Gasteiger partial charge in [0.15, 0.2) is 5.75 Å². The van der Waals surface area contributed by atoms with Gasteiger partial charge in [-0.15, -0.1) is 0 Å². The molecule has 10 heavy (non-hydrogen) atoms. The highest BCUT2D eigenvalue weighted by Crippen LogP contribution is 2.27. The summed E-state index contributed by atoms with van der Waals surface area (Å²) in [6, 6.07) is 7.79. The first-order valence-corrected chi connectivity index (χ1v) is 3.39. The summed E-state index contributed by atoms with van der Waals surface area (Å²) in [5, 5.41) is 0. The molecule has 0 fully saturated rings. The zero-order valence-corrected chi connectivity index (χ0v) is 6.01. The van der Waals surface area contributed by atoms with Crippen LogP contribution in [0.2, 0.25) is 0 Å². The van der Waals surface area contributed by atoms with E-state index in [1.165, 1.54) is 4.58 Å². The van der Waals surface area contributed by atoms with E-state index in [-0.39, 0.29) is 0 Å². The molecule has 0 unspecified atom stereocenters. The van der Waals surface area contributed by atoms with Gasteiger partial charge < -0.3 is 4.84 Å². The second-order valence-electron chi connectivity index (χ2n) is 2.17. The zero-order valence-electron chi connectivity index (χ0n) is 5.25. The molecule has 0 bridgehead atoms. The molecule has 1 heterocycles. The van der Waals surface area contributed by atoms with Gasteiger partial charge in [-0.25, -0.2) is 0 Å². The summed E-state index contributed by atoms with van der Waals surface area (Å²) >= 11 is 5.59. The molecule has 0 aliphatic carbocycles. The summed E-state index contributed by atoms with van der Waals surface area (Å²) in [7, 11) is 0. The fourth-order valence-electron chi connectivity index (χ4n) is 0.996. The second kappa shape index (κ2) is 2.15. The van der Waals surface area contributed by atoms with E-state index < -0.39 is 0 Å². The number of benzene rings is 1. The van der Waals surface area contributed by atoms with Gasteiger partial charge in [-0.05, 0) is 10.6 Å². The lowest BCUT2D eigenvalue weighted by molar-refractivity contribution is 0.0606. The molecule has 0 saturated heterocycles. The Morgan fingerprint density at radius 1 is 1.40 bits per heavy atom. The van der Waals surface area contributed by atoms with Gasteiger partial charge in [0.1, 0.15) is 0 Å². The first-order chi connectivity index (χ1) is 4.86. The van der Waals surface area contributed by atoms with Crippen molar-refractivity contribution in [3.05, 3.63) is 29.8 Å². The molecule has 0 amide bonds. The predicted octanol–water partition coefficient (Wildman–Crippen LogP) is 1.95. The van der Waals surface area contributed by atoms with Crippen LogP contribution in [0.5, 0.6) is 5.75 Å². The Kier molecular flexibility index (Phi) is 1.29. The van der Waals surface area contributed by atoms with Crippen molar-refractivity contribution < 1.29 is 4.84 Å². The quantitative estimate of drug-likeness (QED) is 0.531. The Morgan fingerprint density at radius 2 is 2.20 bits per heavy atom. The van der Waals surface area contributed by atoms with E-state index in [0.29, 0.717) is 6.54 Å². The minimum atomic E-state index is 0.664. The summed E-state index contributed by atoms with van der Waals surface area (Å²) in [5.74, 6) is 0.859. The monoisotopic (exact) mass is 155 g/mol. The topological polar surface area (TPSA) is 12.5 Å². The van der Waals surface area contributed by atoms with E-state index in [9.17, 15) is 0 Å². The van der Waals surface area contributed by atoms with Crippen molar-refractivity contribution in [3.8, 4) is 5.75 Å². The van der Waals surface area contributed by atoms with Crippen molar-refractivity contribution in [2.75, 3.05) is 0 Å². The average Bonchev–Trinajstić information content (AvgIpc) is 2.27. The van der Waals surface area contributed by atoms with E-state index in [0.717, 1.165) is 11.3 Å². The molecule has 2 rings (SSSR count). The van der Waals surface area contributed by atoms with E-state index >= 15 is 0 Å². The third kappa shape index (κ3) is 0.856. The molecule has 3 heteroatoms. The largest absolute Gasteiger partial charge is 0.390 e. The number of hydrogen-bond acceptors (Lipinski definition) is 2. The minimum absolute atomic E-state index is 0.664. The standard InChI is InChI=1S/C7H6ClNO/c8-9-5-6-3-1-2-4-7(6)10-9/h1-4H,5H2. The van der Waals surface area contributed by atoms with Crippen LogP contribution >= 0.6 is 11.8 Å². The zero-order chi connectivity index (χ0) is 6.97. The fourth-order valence-corrected chi connectivity index (χ4v) is 1.20. The summed E-state index contributed by atoms with van der Waals surface area (Å²) in [4.78, 5) is 5.11. The fraction of sp³-hybridized carbons (Fsp3) is 0.143. The minimum Gasteiger partial charge on any atom is -0.390 e. The molecule has 0 atom stereocenters. The normalized spacial score (nSPS) is 16.5. The number of fused-ring (bicyclic) bond motifs is 1. The highest BCUT2D eigenvalue weighted by atomic mass is 35.5. The Bertz CT molecular complexity index is 226. The van der Waals surface area contributed by atoms with Gasteiger partial charge in [0.05, 0.1) is 6.54 Å². The van der Waals surface area contributed by atoms with Gasteiger partial charge in [-0.3, -0.25) is 0 Å². The molecule has 0 radical (unpaired) electrons. The lowest BCUT2D eigenvalue weighted by Crippen LogP contribution is -2.06. The van der Waals surface area contributed by atoms with Gasteiger partial charge in [0.2, 0.25) is 0 Å². The molecule has 1 aromatic carbocycles. The lowest BCUT2D eigenvalue weighted by Gasteiger charge is -2.00. The van der Waals surface area contributed by atoms with Crippen LogP contribution in [-0.4, -0.2) is 4.58 Å². The first-order valence-electron chi connectivity index (χ1n) is 3.05. The number of nitrogens with zero attached hydrogens (tertiary/aromatic N) is 1. The molecule has 0 N–H and O–H groups in total. The SMILES string of the molecule is ClN1Cc2ccccc2O1. The average molecular weight is 156 g/mol.